The Balaban J connectivity index is 1.62. The van der Waals surface area contributed by atoms with Gasteiger partial charge in [0.2, 0.25) is 0 Å². The zero-order valence-electron chi connectivity index (χ0n) is 18.2. The van der Waals surface area contributed by atoms with Gasteiger partial charge >= 0.3 is 17.8 Å². The van der Waals surface area contributed by atoms with Gasteiger partial charge in [0, 0.05) is 11.3 Å². The number of esters is 1. The zero-order chi connectivity index (χ0) is 23.6. The van der Waals surface area contributed by atoms with E-state index in [-0.39, 0.29) is 5.75 Å². The Morgan fingerprint density at radius 3 is 2.33 bits per heavy atom. The molecule has 8 nitrogen and oxygen atoms in total. The highest BCUT2D eigenvalue weighted by Gasteiger charge is 2.15. The Labute approximate surface area is 191 Å². The lowest BCUT2D eigenvalue weighted by atomic mass is 10.1. The predicted octanol–water partition coefficient (Wildman–Crippen LogP) is 3.57. The van der Waals surface area contributed by atoms with Gasteiger partial charge in [-0.2, -0.15) is 5.10 Å². The van der Waals surface area contributed by atoms with Crippen molar-refractivity contribution < 1.29 is 23.9 Å². The third-order valence-corrected chi connectivity index (χ3v) is 4.67. The van der Waals surface area contributed by atoms with Crippen LogP contribution in [0.3, 0.4) is 0 Å². The Morgan fingerprint density at radius 2 is 1.61 bits per heavy atom. The average molecular weight is 445 g/mol. The summed E-state index contributed by atoms with van der Waals surface area (Å²) in [6, 6.07) is 20.4. The molecule has 0 spiro atoms. The molecule has 0 radical (unpaired) electrons. The summed E-state index contributed by atoms with van der Waals surface area (Å²) in [5, 5.41) is 6.39. The summed E-state index contributed by atoms with van der Waals surface area (Å²) < 4.78 is 10.5. The van der Waals surface area contributed by atoms with Gasteiger partial charge in [-0.3, -0.25) is 9.59 Å². The van der Waals surface area contributed by atoms with E-state index in [4.69, 9.17) is 9.47 Å². The molecule has 8 heteroatoms. The van der Waals surface area contributed by atoms with Crippen LogP contribution in [0.25, 0.3) is 0 Å². The Bertz CT molecular complexity index is 1170. The van der Waals surface area contributed by atoms with E-state index in [0.717, 1.165) is 5.56 Å². The van der Waals surface area contributed by atoms with Crippen molar-refractivity contribution in [3.63, 3.8) is 0 Å². The fourth-order valence-electron chi connectivity index (χ4n) is 2.91. The van der Waals surface area contributed by atoms with Crippen molar-refractivity contribution in [3.8, 4) is 11.5 Å². The maximum Gasteiger partial charge on any atom is 0.343 e. The maximum atomic E-state index is 12.4. The molecule has 0 aromatic heterocycles. The monoisotopic (exact) mass is 445 g/mol. The summed E-state index contributed by atoms with van der Waals surface area (Å²) in [7, 11) is 1.54. The van der Waals surface area contributed by atoms with E-state index in [1.54, 1.807) is 60.7 Å². The molecular formula is C25H23N3O5. The maximum absolute atomic E-state index is 12.4. The number of hydrogen-bond donors (Lipinski definition) is 2. The third kappa shape index (κ3) is 6.27. The van der Waals surface area contributed by atoms with Crippen LogP contribution in [0.5, 0.6) is 11.5 Å². The van der Waals surface area contributed by atoms with Crippen molar-refractivity contribution in [1.82, 2.24) is 5.43 Å². The quantitative estimate of drug-likeness (QED) is 0.190. The minimum absolute atomic E-state index is 0.248. The van der Waals surface area contributed by atoms with Gasteiger partial charge in [-0.05, 0) is 54.4 Å². The molecule has 2 N–H and O–H groups in total. The van der Waals surface area contributed by atoms with Crippen molar-refractivity contribution in [2.24, 2.45) is 5.10 Å². The first kappa shape index (κ1) is 23.2. The van der Waals surface area contributed by atoms with Crippen LogP contribution in [0.2, 0.25) is 0 Å². The molecule has 168 valence electrons. The van der Waals surface area contributed by atoms with E-state index >= 15 is 0 Å². The molecule has 3 aromatic rings. The van der Waals surface area contributed by atoms with Crippen molar-refractivity contribution in [3.05, 3.63) is 89.5 Å². The molecule has 33 heavy (non-hydrogen) atoms. The number of hydrazone groups is 1. The number of carbonyl (C=O) groups is 3. The third-order valence-electron chi connectivity index (χ3n) is 4.67. The number of nitrogens with one attached hydrogen (secondary N) is 2. The number of ether oxygens (including phenoxy) is 2. The van der Waals surface area contributed by atoms with Crippen LogP contribution in [0.4, 0.5) is 5.69 Å². The Hall–Kier alpha value is -4.46. The van der Waals surface area contributed by atoms with Crippen LogP contribution in [-0.2, 0) is 16.0 Å². The van der Waals surface area contributed by atoms with E-state index in [1.165, 1.54) is 13.3 Å². The van der Waals surface area contributed by atoms with Crippen LogP contribution in [0.1, 0.15) is 28.4 Å². The van der Waals surface area contributed by atoms with Gasteiger partial charge < -0.3 is 14.8 Å². The summed E-state index contributed by atoms with van der Waals surface area (Å²) >= 11 is 0. The van der Waals surface area contributed by atoms with Crippen LogP contribution in [0, 0.1) is 0 Å². The largest absolute Gasteiger partial charge is 0.497 e. The molecule has 0 saturated carbocycles. The first-order valence-electron chi connectivity index (χ1n) is 10.2. The number of para-hydroxylation sites is 2. The van der Waals surface area contributed by atoms with Crippen LogP contribution >= 0.6 is 0 Å². The molecular weight excluding hydrogens is 422 g/mol. The number of amides is 2. The van der Waals surface area contributed by atoms with Crippen molar-refractivity contribution in [2.75, 3.05) is 12.4 Å². The lowest BCUT2D eigenvalue weighted by Crippen LogP contribution is -2.32. The number of nitrogens with zero attached hydrogens (tertiary/aromatic N) is 1. The molecule has 3 aromatic carbocycles. The zero-order valence-corrected chi connectivity index (χ0v) is 18.2. The van der Waals surface area contributed by atoms with Crippen LogP contribution in [0.15, 0.2) is 77.9 Å². The van der Waals surface area contributed by atoms with Gasteiger partial charge in [0.15, 0.2) is 0 Å². The standard InChI is InChI=1S/C25H23N3O5/c1-3-17-8-4-6-10-21(17)27-23(29)24(30)28-26-16-19-9-5-7-11-22(19)33-25(31)18-12-14-20(32-2)15-13-18/h4-16H,3H2,1-2H3,(H,27,29)(H,28,30)/b26-16+. The predicted molar refractivity (Wildman–Crippen MR) is 125 cm³/mol. The van der Waals surface area contributed by atoms with Gasteiger partial charge in [-0.1, -0.05) is 37.3 Å². The van der Waals surface area contributed by atoms with Crippen molar-refractivity contribution in [1.29, 1.82) is 0 Å². The van der Waals surface area contributed by atoms with Gasteiger partial charge in [0.05, 0.1) is 18.9 Å². The Kier molecular flexibility index (Phi) is 7.91. The minimum Gasteiger partial charge on any atom is -0.497 e. The number of rotatable bonds is 7. The fourth-order valence-corrected chi connectivity index (χ4v) is 2.91. The summed E-state index contributed by atoms with van der Waals surface area (Å²) in [4.78, 5) is 36.7. The van der Waals surface area contributed by atoms with Gasteiger partial charge in [-0.25, -0.2) is 10.2 Å². The second-order valence-electron chi connectivity index (χ2n) is 6.82. The molecule has 0 heterocycles. The van der Waals surface area contributed by atoms with Crippen LogP contribution < -0.4 is 20.2 Å². The lowest BCUT2D eigenvalue weighted by Gasteiger charge is -2.09. The minimum atomic E-state index is -0.926. The number of hydrogen-bond acceptors (Lipinski definition) is 6. The second-order valence-corrected chi connectivity index (χ2v) is 6.82. The normalized spacial score (nSPS) is 10.5. The topological polar surface area (TPSA) is 106 Å². The molecule has 0 unspecified atom stereocenters. The molecule has 0 bridgehead atoms. The van der Waals surface area contributed by atoms with Crippen LogP contribution in [-0.4, -0.2) is 31.1 Å². The smallest absolute Gasteiger partial charge is 0.343 e. The summed E-state index contributed by atoms with van der Waals surface area (Å²) in [6.07, 6.45) is 2.00. The number of anilines is 1. The highest BCUT2D eigenvalue weighted by molar-refractivity contribution is 6.39. The van der Waals surface area contributed by atoms with Crippen molar-refractivity contribution >= 4 is 29.7 Å². The molecule has 0 atom stereocenters. The molecule has 3 rings (SSSR count). The number of methoxy groups -OCH3 is 1. The number of carbonyl (C=O) groups excluding carboxylic acids is 3. The SMILES string of the molecule is CCc1ccccc1NC(=O)C(=O)N/N=C/c1ccccc1OC(=O)c1ccc(OC)cc1. The molecule has 0 aliphatic carbocycles. The first-order valence-corrected chi connectivity index (χ1v) is 10.2. The fraction of sp³-hybridized carbons (Fsp3) is 0.120. The van der Waals surface area contributed by atoms with Gasteiger partial charge in [0.1, 0.15) is 11.5 Å². The van der Waals surface area contributed by atoms with E-state index in [9.17, 15) is 14.4 Å². The summed E-state index contributed by atoms with van der Waals surface area (Å²) in [5.74, 6) is -1.46. The number of aryl methyl sites for hydroxylation is 1. The molecule has 0 saturated heterocycles. The highest BCUT2D eigenvalue weighted by atomic mass is 16.5. The average Bonchev–Trinajstić information content (AvgIpc) is 2.85. The first-order chi connectivity index (χ1) is 16.0. The van der Waals surface area contributed by atoms with Gasteiger partial charge in [-0.15, -0.1) is 0 Å². The lowest BCUT2D eigenvalue weighted by molar-refractivity contribution is -0.136. The number of benzene rings is 3. The molecule has 0 fully saturated rings. The molecule has 0 aliphatic heterocycles. The highest BCUT2D eigenvalue weighted by Crippen LogP contribution is 2.19. The van der Waals surface area contributed by atoms with E-state index in [1.807, 2.05) is 19.1 Å². The van der Waals surface area contributed by atoms with E-state index in [0.29, 0.717) is 29.0 Å². The van der Waals surface area contributed by atoms with E-state index in [2.05, 4.69) is 15.8 Å². The summed E-state index contributed by atoms with van der Waals surface area (Å²) in [6.45, 7) is 1.95. The van der Waals surface area contributed by atoms with E-state index < -0.39 is 17.8 Å². The molecule has 0 aliphatic rings. The van der Waals surface area contributed by atoms with Gasteiger partial charge in [0.25, 0.3) is 0 Å². The second kappa shape index (κ2) is 11.2. The molecule has 2 amide bonds. The van der Waals surface area contributed by atoms with Crippen molar-refractivity contribution in [2.45, 2.75) is 13.3 Å². The Morgan fingerprint density at radius 1 is 0.909 bits per heavy atom. The summed E-state index contributed by atoms with van der Waals surface area (Å²) in [5.41, 5.74) is 4.45.